The predicted octanol–water partition coefficient (Wildman–Crippen LogP) is -1.27. The Morgan fingerprint density at radius 2 is 2.33 bits per heavy atom. The van der Waals surface area contributed by atoms with Gasteiger partial charge in [0.2, 0.25) is 5.91 Å². The standard InChI is InChI=1S/C8H15N3O/c1-10-2-3-11-7(6-10)4-9-5-8(11)12/h7,9H,2-6H2,1H3/t7-/m0/s1. The van der Waals surface area contributed by atoms with E-state index >= 15 is 0 Å². The molecule has 2 aliphatic rings. The second kappa shape index (κ2) is 3.03. The fourth-order valence-corrected chi connectivity index (χ4v) is 1.96. The van der Waals surface area contributed by atoms with E-state index in [2.05, 4.69) is 17.3 Å². The van der Waals surface area contributed by atoms with Crippen molar-refractivity contribution in [3.8, 4) is 0 Å². The second-order valence-electron chi connectivity index (χ2n) is 3.63. The van der Waals surface area contributed by atoms with E-state index in [0.717, 1.165) is 26.2 Å². The normalized spacial score (nSPS) is 31.9. The maximum atomic E-state index is 11.4. The third-order valence-electron chi connectivity index (χ3n) is 2.66. The second-order valence-corrected chi connectivity index (χ2v) is 3.63. The van der Waals surface area contributed by atoms with Crippen LogP contribution in [0.3, 0.4) is 0 Å². The van der Waals surface area contributed by atoms with Crippen LogP contribution in [-0.2, 0) is 4.79 Å². The molecule has 2 aliphatic heterocycles. The summed E-state index contributed by atoms with van der Waals surface area (Å²) in [4.78, 5) is 15.7. The SMILES string of the molecule is CN1CCN2C(=O)CNC[C@H]2C1. The fourth-order valence-electron chi connectivity index (χ4n) is 1.96. The number of rotatable bonds is 0. The minimum absolute atomic E-state index is 0.263. The summed E-state index contributed by atoms with van der Waals surface area (Å²) in [7, 11) is 2.11. The molecule has 12 heavy (non-hydrogen) atoms. The van der Waals surface area contributed by atoms with E-state index in [9.17, 15) is 4.79 Å². The summed E-state index contributed by atoms with van der Waals surface area (Å²) in [5.41, 5.74) is 0. The maximum absolute atomic E-state index is 11.4. The lowest BCUT2D eigenvalue weighted by atomic mass is 10.1. The molecule has 0 aromatic heterocycles. The number of carbonyl (C=O) groups excluding carboxylic acids is 1. The Morgan fingerprint density at radius 1 is 1.50 bits per heavy atom. The first-order valence-electron chi connectivity index (χ1n) is 4.46. The first-order valence-corrected chi connectivity index (χ1v) is 4.46. The summed E-state index contributed by atoms with van der Waals surface area (Å²) in [5.74, 6) is 0.263. The molecule has 0 aliphatic carbocycles. The zero-order valence-electron chi connectivity index (χ0n) is 7.42. The van der Waals surface area contributed by atoms with Crippen molar-refractivity contribution < 1.29 is 4.79 Å². The lowest BCUT2D eigenvalue weighted by Gasteiger charge is -2.42. The van der Waals surface area contributed by atoms with Crippen LogP contribution in [0.2, 0.25) is 0 Å². The van der Waals surface area contributed by atoms with Crippen molar-refractivity contribution in [1.82, 2.24) is 15.1 Å². The molecular weight excluding hydrogens is 154 g/mol. The van der Waals surface area contributed by atoms with Crippen LogP contribution in [0.15, 0.2) is 0 Å². The maximum Gasteiger partial charge on any atom is 0.236 e. The highest BCUT2D eigenvalue weighted by Crippen LogP contribution is 2.10. The van der Waals surface area contributed by atoms with Crippen molar-refractivity contribution in [1.29, 1.82) is 0 Å². The summed E-state index contributed by atoms with van der Waals surface area (Å²) < 4.78 is 0. The highest BCUT2D eigenvalue weighted by molar-refractivity contribution is 5.79. The molecule has 0 radical (unpaired) electrons. The Kier molecular flexibility index (Phi) is 2.02. The Bertz CT molecular complexity index is 195. The number of hydrogen-bond donors (Lipinski definition) is 1. The molecule has 0 bridgehead atoms. The van der Waals surface area contributed by atoms with Gasteiger partial charge in [-0.25, -0.2) is 0 Å². The zero-order valence-corrected chi connectivity index (χ0v) is 7.42. The van der Waals surface area contributed by atoms with Gasteiger partial charge in [0.05, 0.1) is 12.6 Å². The van der Waals surface area contributed by atoms with Crippen LogP contribution in [0.4, 0.5) is 0 Å². The van der Waals surface area contributed by atoms with Crippen LogP contribution in [-0.4, -0.2) is 61.5 Å². The average Bonchev–Trinajstić information content (AvgIpc) is 2.04. The Morgan fingerprint density at radius 3 is 3.17 bits per heavy atom. The number of hydrogen-bond acceptors (Lipinski definition) is 3. The molecule has 1 atom stereocenters. The van der Waals surface area contributed by atoms with Crippen LogP contribution >= 0.6 is 0 Å². The third-order valence-corrected chi connectivity index (χ3v) is 2.66. The Balaban J connectivity index is 2.04. The van der Waals surface area contributed by atoms with Crippen LogP contribution in [0.1, 0.15) is 0 Å². The fraction of sp³-hybridized carbons (Fsp3) is 0.875. The molecule has 1 N–H and O–H groups in total. The number of fused-ring (bicyclic) bond motifs is 1. The quantitative estimate of drug-likeness (QED) is 0.491. The van der Waals surface area contributed by atoms with Crippen molar-refractivity contribution in [2.45, 2.75) is 6.04 Å². The summed E-state index contributed by atoms with van der Waals surface area (Å²) in [5, 5.41) is 3.14. The first kappa shape index (κ1) is 8.01. The smallest absolute Gasteiger partial charge is 0.236 e. The largest absolute Gasteiger partial charge is 0.335 e. The Hall–Kier alpha value is -0.610. The number of piperazine rings is 2. The molecule has 68 valence electrons. The molecule has 2 rings (SSSR count). The van der Waals surface area contributed by atoms with Gasteiger partial charge in [0, 0.05) is 26.2 Å². The van der Waals surface area contributed by atoms with E-state index in [0.29, 0.717) is 12.6 Å². The Labute approximate surface area is 72.5 Å². The number of likely N-dealkylation sites (N-methyl/N-ethyl adjacent to an activating group) is 1. The molecule has 2 fully saturated rings. The molecule has 2 saturated heterocycles. The van der Waals surface area contributed by atoms with Gasteiger partial charge in [0.25, 0.3) is 0 Å². The monoisotopic (exact) mass is 169 g/mol. The van der Waals surface area contributed by atoms with Crippen LogP contribution < -0.4 is 5.32 Å². The van der Waals surface area contributed by atoms with Gasteiger partial charge in [0.1, 0.15) is 0 Å². The molecule has 4 heteroatoms. The van der Waals surface area contributed by atoms with Gasteiger partial charge >= 0.3 is 0 Å². The molecule has 0 saturated carbocycles. The lowest BCUT2D eigenvalue weighted by molar-refractivity contribution is -0.137. The highest BCUT2D eigenvalue weighted by Gasteiger charge is 2.31. The van der Waals surface area contributed by atoms with Crippen LogP contribution in [0.5, 0.6) is 0 Å². The minimum atomic E-state index is 0.263. The van der Waals surface area contributed by atoms with Crippen molar-refractivity contribution in [2.75, 3.05) is 39.8 Å². The molecule has 0 aromatic carbocycles. The van der Waals surface area contributed by atoms with Crippen molar-refractivity contribution in [3.63, 3.8) is 0 Å². The summed E-state index contributed by atoms with van der Waals surface area (Å²) in [6, 6.07) is 0.407. The lowest BCUT2D eigenvalue weighted by Crippen LogP contribution is -2.62. The van der Waals surface area contributed by atoms with E-state index in [4.69, 9.17) is 0 Å². The highest BCUT2D eigenvalue weighted by atomic mass is 16.2. The number of amides is 1. The van der Waals surface area contributed by atoms with Gasteiger partial charge < -0.3 is 15.1 Å². The van der Waals surface area contributed by atoms with E-state index in [1.165, 1.54) is 0 Å². The number of nitrogens with zero attached hydrogens (tertiary/aromatic N) is 2. The van der Waals surface area contributed by atoms with E-state index in [1.807, 2.05) is 4.90 Å². The average molecular weight is 169 g/mol. The number of carbonyl (C=O) groups is 1. The predicted molar refractivity (Wildman–Crippen MR) is 45.9 cm³/mol. The molecule has 4 nitrogen and oxygen atoms in total. The zero-order chi connectivity index (χ0) is 8.55. The van der Waals surface area contributed by atoms with Gasteiger partial charge in [0.15, 0.2) is 0 Å². The van der Waals surface area contributed by atoms with Crippen molar-refractivity contribution >= 4 is 5.91 Å². The van der Waals surface area contributed by atoms with Gasteiger partial charge in [-0.1, -0.05) is 0 Å². The van der Waals surface area contributed by atoms with Gasteiger partial charge in [-0.2, -0.15) is 0 Å². The minimum Gasteiger partial charge on any atom is -0.335 e. The van der Waals surface area contributed by atoms with Crippen molar-refractivity contribution in [2.24, 2.45) is 0 Å². The van der Waals surface area contributed by atoms with Crippen LogP contribution in [0, 0.1) is 0 Å². The van der Waals surface area contributed by atoms with E-state index in [1.54, 1.807) is 0 Å². The van der Waals surface area contributed by atoms with Gasteiger partial charge in [-0.15, -0.1) is 0 Å². The number of nitrogens with one attached hydrogen (secondary N) is 1. The van der Waals surface area contributed by atoms with Gasteiger partial charge in [-0.05, 0) is 7.05 Å². The molecule has 2 heterocycles. The first-order chi connectivity index (χ1) is 5.77. The molecule has 0 unspecified atom stereocenters. The van der Waals surface area contributed by atoms with Gasteiger partial charge in [-0.3, -0.25) is 4.79 Å². The summed E-state index contributed by atoms with van der Waals surface area (Å²) >= 11 is 0. The van der Waals surface area contributed by atoms with Crippen LogP contribution in [0.25, 0.3) is 0 Å². The summed E-state index contributed by atoms with van der Waals surface area (Å²) in [6.45, 7) is 4.42. The third kappa shape index (κ3) is 1.32. The summed E-state index contributed by atoms with van der Waals surface area (Å²) in [6.07, 6.45) is 0. The molecule has 1 amide bonds. The van der Waals surface area contributed by atoms with Crippen molar-refractivity contribution in [3.05, 3.63) is 0 Å². The molecular formula is C8H15N3O. The molecule has 0 aromatic rings. The molecule has 0 spiro atoms. The topological polar surface area (TPSA) is 35.6 Å². The van der Waals surface area contributed by atoms with E-state index in [-0.39, 0.29) is 5.91 Å². The van der Waals surface area contributed by atoms with E-state index < -0.39 is 0 Å².